The van der Waals surface area contributed by atoms with Crippen LogP contribution in [0.3, 0.4) is 0 Å². The molecule has 4 N–H and O–H groups in total. The molecule has 0 spiro atoms. The van der Waals surface area contributed by atoms with Crippen molar-refractivity contribution in [2.75, 3.05) is 25.1 Å². The van der Waals surface area contributed by atoms with Crippen LogP contribution in [0, 0.1) is 0 Å². The number of hydrogen-bond donors (Lipinski definition) is 3. The minimum atomic E-state index is -3.73. The van der Waals surface area contributed by atoms with Gasteiger partial charge in [-0.3, -0.25) is 4.79 Å². The van der Waals surface area contributed by atoms with E-state index in [4.69, 9.17) is 15.2 Å². The number of aryl methyl sites for hydroxylation is 1. The van der Waals surface area contributed by atoms with Crippen LogP contribution < -0.4 is 15.2 Å². The zero-order valence-corrected chi connectivity index (χ0v) is 27.0. The van der Waals surface area contributed by atoms with Gasteiger partial charge in [-0.25, -0.2) is 17.9 Å². The van der Waals surface area contributed by atoms with E-state index in [1.807, 2.05) is 42.8 Å². The SMILES string of the molecule is CC(C)Oc1cc(-c2ccc(CCCN(C[C@H](O)c3ccc(N)cc3)C(=O)OC(C)(C)C)cc2)ccc1C(=O)NS(C)(=O)=O. The summed E-state index contributed by atoms with van der Waals surface area (Å²) in [5.74, 6) is -0.474. The first-order valence-corrected chi connectivity index (χ1v) is 16.3. The summed E-state index contributed by atoms with van der Waals surface area (Å²) in [6, 6.07) is 19.8. The topological polar surface area (TPSA) is 148 Å². The molecule has 10 nitrogen and oxygen atoms in total. The predicted molar refractivity (Wildman–Crippen MR) is 172 cm³/mol. The number of aliphatic hydroxyl groups excluding tert-OH is 1. The number of benzene rings is 3. The first-order chi connectivity index (χ1) is 20.5. The molecule has 1 atom stereocenters. The van der Waals surface area contributed by atoms with E-state index in [-0.39, 0.29) is 24.0 Å². The molecule has 0 fully saturated rings. The van der Waals surface area contributed by atoms with E-state index in [9.17, 15) is 23.1 Å². The molecule has 0 aromatic heterocycles. The first kappa shape index (κ1) is 34.4. The fraction of sp³-hybridized carbons (Fsp3) is 0.394. The number of ether oxygens (including phenoxy) is 2. The Morgan fingerprint density at radius 1 is 0.977 bits per heavy atom. The first-order valence-electron chi connectivity index (χ1n) is 14.4. The van der Waals surface area contributed by atoms with Gasteiger partial charge < -0.3 is 25.2 Å². The van der Waals surface area contributed by atoms with Crippen molar-refractivity contribution in [2.45, 2.75) is 65.3 Å². The molecule has 3 rings (SSSR count). The lowest BCUT2D eigenvalue weighted by Gasteiger charge is -2.29. The molecule has 0 saturated heterocycles. The molecule has 0 bridgehead atoms. The van der Waals surface area contributed by atoms with Crippen LogP contribution in [0.15, 0.2) is 66.7 Å². The third kappa shape index (κ3) is 10.9. The second kappa shape index (κ2) is 14.6. The van der Waals surface area contributed by atoms with Gasteiger partial charge >= 0.3 is 6.09 Å². The number of carbonyl (C=O) groups is 2. The number of sulfonamides is 1. The molecule has 238 valence electrons. The van der Waals surface area contributed by atoms with E-state index in [1.165, 1.54) is 4.90 Å². The highest BCUT2D eigenvalue weighted by Crippen LogP contribution is 2.29. The maximum absolute atomic E-state index is 13.0. The second-order valence-electron chi connectivity index (χ2n) is 12.0. The molecular weight excluding hydrogens is 582 g/mol. The van der Waals surface area contributed by atoms with Crippen molar-refractivity contribution in [2.24, 2.45) is 0 Å². The maximum atomic E-state index is 13.0. The van der Waals surface area contributed by atoms with Crippen LogP contribution in [0.5, 0.6) is 5.75 Å². The lowest BCUT2D eigenvalue weighted by molar-refractivity contribution is 0.0142. The molecule has 0 saturated carbocycles. The average Bonchev–Trinajstić information content (AvgIpc) is 2.91. The minimum Gasteiger partial charge on any atom is -0.490 e. The van der Waals surface area contributed by atoms with E-state index in [0.717, 1.165) is 22.9 Å². The number of nitrogens with two attached hydrogens (primary N) is 1. The summed E-state index contributed by atoms with van der Waals surface area (Å²) in [5, 5.41) is 10.8. The van der Waals surface area contributed by atoms with Crippen molar-refractivity contribution < 1.29 is 32.6 Å². The summed E-state index contributed by atoms with van der Waals surface area (Å²) in [7, 11) is -3.73. The molecule has 0 radical (unpaired) electrons. The monoisotopic (exact) mass is 625 g/mol. The Kier molecular flexibility index (Phi) is 11.4. The van der Waals surface area contributed by atoms with Crippen LogP contribution in [-0.4, -0.2) is 61.5 Å². The number of hydrogen-bond acceptors (Lipinski definition) is 8. The third-order valence-electron chi connectivity index (χ3n) is 6.41. The van der Waals surface area contributed by atoms with Gasteiger partial charge in [0.25, 0.3) is 5.91 Å². The highest BCUT2D eigenvalue weighted by Gasteiger charge is 2.24. The summed E-state index contributed by atoms with van der Waals surface area (Å²) in [4.78, 5) is 27.0. The lowest BCUT2D eigenvalue weighted by atomic mass is 10.00. The number of nitrogen functional groups attached to an aromatic ring is 1. The highest BCUT2D eigenvalue weighted by molar-refractivity contribution is 7.89. The number of rotatable bonds is 12. The van der Waals surface area contributed by atoms with Crippen molar-refractivity contribution in [1.82, 2.24) is 9.62 Å². The number of nitrogens with one attached hydrogen (secondary N) is 1. The number of amides is 2. The number of anilines is 1. The number of carbonyl (C=O) groups excluding carboxylic acids is 2. The van der Waals surface area contributed by atoms with Gasteiger partial charge in [0.15, 0.2) is 0 Å². The van der Waals surface area contributed by atoms with Crippen LogP contribution in [0.2, 0.25) is 0 Å². The second-order valence-corrected chi connectivity index (χ2v) is 13.7. The van der Waals surface area contributed by atoms with Crippen LogP contribution in [0.4, 0.5) is 10.5 Å². The maximum Gasteiger partial charge on any atom is 0.410 e. The van der Waals surface area contributed by atoms with E-state index >= 15 is 0 Å². The quantitative estimate of drug-likeness (QED) is 0.229. The minimum absolute atomic E-state index is 0.0801. The molecule has 0 unspecified atom stereocenters. The highest BCUT2D eigenvalue weighted by atomic mass is 32.2. The van der Waals surface area contributed by atoms with Gasteiger partial charge in [0.2, 0.25) is 10.0 Å². The van der Waals surface area contributed by atoms with Crippen molar-refractivity contribution in [1.29, 1.82) is 0 Å². The van der Waals surface area contributed by atoms with Crippen molar-refractivity contribution in [3.8, 4) is 16.9 Å². The van der Waals surface area contributed by atoms with Gasteiger partial charge in [-0.15, -0.1) is 0 Å². The predicted octanol–water partition coefficient (Wildman–Crippen LogP) is 5.32. The Bertz CT molecular complexity index is 1530. The Labute approximate surface area is 260 Å². The van der Waals surface area contributed by atoms with E-state index in [2.05, 4.69) is 0 Å². The van der Waals surface area contributed by atoms with E-state index in [1.54, 1.807) is 63.2 Å². The van der Waals surface area contributed by atoms with E-state index < -0.39 is 33.7 Å². The Hall–Kier alpha value is -4.09. The molecular formula is C33H43N3O7S. The Balaban J connectivity index is 1.70. The standard InChI is InChI=1S/C33H43N3O7S/c1-22(2)42-30-20-26(15-18-28(30)31(38)35-44(6,40)41)24-11-9-23(10-12-24)8-7-19-36(32(39)43-33(3,4)5)21-29(37)25-13-16-27(34)17-14-25/h9-18,20,22,29,37H,7-8,19,21,34H2,1-6H3,(H,35,38)/t29-/m0/s1. The molecule has 2 amide bonds. The van der Waals surface area contributed by atoms with Gasteiger partial charge in [0.05, 0.1) is 30.6 Å². The summed E-state index contributed by atoms with van der Waals surface area (Å²) in [6.07, 6.45) is 0.633. The van der Waals surface area contributed by atoms with E-state index in [0.29, 0.717) is 30.6 Å². The van der Waals surface area contributed by atoms with Crippen molar-refractivity contribution in [3.05, 3.63) is 83.4 Å². The van der Waals surface area contributed by atoms with Gasteiger partial charge in [-0.2, -0.15) is 0 Å². The fourth-order valence-electron chi connectivity index (χ4n) is 4.42. The van der Waals surface area contributed by atoms with Gasteiger partial charge in [0.1, 0.15) is 11.4 Å². The molecule has 0 aliphatic rings. The average molecular weight is 626 g/mol. The third-order valence-corrected chi connectivity index (χ3v) is 6.97. The molecule has 3 aromatic carbocycles. The fourth-order valence-corrected chi connectivity index (χ4v) is 4.86. The summed E-state index contributed by atoms with van der Waals surface area (Å²) >= 11 is 0. The van der Waals surface area contributed by atoms with Gasteiger partial charge in [-0.1, -0.05) is 42.5 Å². The van der Waals surface area contributed by atoms with Gasteiger partial charge in [0, 0.05) is 12.2 Å². The summed E-state index contributed by atoms with van der Waals surface area (Å²) < 4.78 is 36.6. The van der Waals surface area contributed by atoms with Gasteiger partial charge in [-0.05, 0) is 94.0 Å². The summed E-state index contributed by atoms with van der Waals surface area (Å²) in [5.41, 5.74) is 9.21. The Morgan fingerprint density at radius 3 is 2.16 bits per heavy atom. The molecule has 0 aliphatic carbocycles. The normalized spacial score (nSPS) is 12.5. The zero-order valence-electron chi connectivity index (χ0n) is 26.2. The largest absolute Gasteiger partial charge is 0.490 e. The van der Waals surface area contributed by atoms with Crippen molar-refractivity contribution in [3.63, 3.8) is 0 Å². The lowest BCUT2D eigenvalue weighted by Crippen LogP contribution is -2.40. The van der Waals surface area contributed by atoms with Crippen LogP contribution in [-0.2, 0) is 21.2 Å². The van der Waals surface area contributed by atoms with Crippen LogP contribution in [0.25, 0.3) is 11.1 Å². The Morgan fingerprint density at radius 2 is 1.59 bits per heavy atom. The number of nitrogens with zero attached hydrogens (tertiary/aromatic N) is 1. The molecule has 3 aromatic rings. The molecule has 0 aliphatic heterocycles. The molecule has 44 heavy (non-hydrogen) atoms. The van der Waals surface area contributed by atoms with Crippen LogP contribution in [0.1, 0.15) is 68.6 Å². The number of aliphatic hydroxyl groups is 1. The van der Waals surface area contributed by atoms with Crippen molar-refractivity contribution >= 4 is 27.7 Å². The smallest absolute Gasteiger partial charge is 0.410 e. The molecule has 11 heteroatoms. The molecule has 0 heterocycles. The summed E-state index contributed by atoms with van der Waals surface area (Å²) in [6.45, 7) is 9.52. The van der Waals surface area contributed by atoms with Crippen LogP contribution >= 0.6 is 0 Å². The zero-order chi connectivity index (χ0) is 32.7.